The lowest BCUT2D eigenvalue weighted by Crippen LogP contribution is -2.40. The SMILES string of the molecule is CCCCCCCCN1CCCC1CNC(C)C. The molecule has 1 unspecified atom stereocenters. The van der Waals surface area contributed by atoms with Crippen molar-refractivity contribution in [3.8, 4) is 0 Å². The molecule has 2 nitrogen and oxygen atoms in total. The highest BCUT2D eigenvalue weighted by Crippen LogP contribution is 2.17. The first kappa shape index (κ1) is 16.0. The minimum atomic E-state index is 0.626. The topological polar surface area (TPSA) is 15.3 Å². The Morgan fingerprint density at radius 2 is 1.83 bits per heavy atom. The molecule has 1 aliphatic rings. The standard InChI is InChI=1S/C16H34N2/c1-4-5-6-7-8-9-12-18-13-10-11-16(18)14-17-15(2)3/h15-17H,4-14H2,1-3H3. The van der Waals surface area contributed by atoms with Crippen LogP contribution in [-0.4, -0.2) is 36.6 Å². The van der Waals surface area contributed by atoms with Crippen molar-refractivity contribution in [2.75, 3.05) is 19.6 Å². The van der Waals surface area contributed by atoms with Gasteiger partial charge in [-0.3, -0.25) is 4.90 Å². The molecule has 0 aromatic carbocycles. The second kappa shape index (κ2) is 9.80. The smallest absolute Gasteiger partial charge is 0.0221 e. The van der Waals surface area contributed by atoms with Gasteiger partial charge in [0.25, 0.3) is 0 Å². The normalized spacial score (nSPS) is 21.0. The number of nitrogens with one attached hydrogen (secondary N) is 1. The lowest BCUT2D eigenvalue weighted by Gasteiger charge is -2.25. The zero-order chi connectivity index (χ0) is 13.2. The lowest BCUT2D eigenvalue weighted by molar-refractivity contribution is 0.238. The van der Waals surface area contributed by atoms with Crippen molar-refractivity contribution in [1.82, 2.24) is 10.2 Å². The number of unbranched alkanes of at least 4 members (excludes halogenated alkanes) is 5. The molecule has 2 heteroatoms. The van der Waals surface area contributed by atoms with Gasteiger partial charge >= 0.3 is 0 Å². The van der Waals surface area contributed by atoms with Crippen molar-refractivity contribution < 1.29 is 0 Å². The van der Waals surface area contributed by atoms with Crippen molar-refractivity contribution in [3.63, 3.8) is 0 Å². The first-order chi connectivity index (χ1) is 8.74. The molecular weight excluding hydrogens is 220 g/mol. The van der Waals surface area contributed by atoms with Crippen molar-refractivity contribution in [1.29, 1.82) is 0 Å². The van der Waals surface area contributed by atoms with Crippen LogP contribution in [0.2, 0.25) is 0 Å². The van der Waals surface area contributed by atoms with Gasteiger partial charge in [0, 0.05) is 18.6 Å². The molecule has 1 fully saturated rings. The average Bonchev–Trinajstić information content (AvgIpc) is 2.78. The van der Waals surface area contributed by atoms with Crippen LogP contribution in [0.3, 0.4) is 0 Å². The Balaban J connectivity index is 2.05. The summed E-state index contributed by atoms with van der Waals surface area (Å²) in [6.45, 7) is 10.6. The molecule has 18 heavy (non-hydrogen) atoms. The van der Waals surface area contributed by atoms with Crippen LogP contribution in [-0.2, 0) is 0 Å². The molecular formula is C16H34N2. The van der Waals surface area contributed by atoms with Gasteiger partial charge in [-0.2, -0.15) is 0 Å². The largest absolute Gasteiger partial charge is 0.313 e. The third-order valence-electron chi connectivity index (χ3n) is 4.06. The molecule has 1 saturated heterocycles. The second-order valence-corrected chi connectivity index (χ2v) is 6.16. The van der Waals surface area contributed by atoms with E-state index in [4.69, 9.17) is 0 Å². The summed E-state index contributed by atoms with van der Waals surface area (Å²) in [6, 6.07) is 1.43. The van der Waals surface area contributed by atoms with Crippen molar-refractivity contribution in [2.24, 2.45) is 0 Å². The van der Waals surface area contributed by atoms with Crippen LogP contribution >= 0.6 is 0 Å². The highest BCUT2D eigenvalue weighted by Gasteiger charge is 2.23. The van der Waals surface area contributed by atoms with Gasteiger partial charge in [-0.15, -0.1) is 0 Å². The summed E-state index contributed by atoms with van der Waals surface area (Å²) in [5, 5.41) is 3.59. The van der Waals surface area contributed by atoms with Crippen molar-refractivity contribution in [3.05, 3.63) is 0 Å². The molecule has 0 amide bonds. The zero-order valence-electron chi connectivity index (χ0n) is 12.9. The summed E-state index contributed by atoms with van der Waals surface area (Å²) >= 11 is 0. The first-order valence-corrected chi connectivity index (χ1v) is 8.21. The van der Waals surface area contributed by atoms with Gasteiger partial charge in [0.1, 0.15) is 0 Å². The molecule has 1 N–H and O–H groups in total. The fourth-order valence-electron chi connectivity index (χ4n) is 2.89. The molecule has 0 saturated carbocycles. The van der Waals surface area contributed by atoms with E-state index >= 15 is 0 Å². The highest BCUT2D eigenvalue weighted by molar-refractivity contribution is 4.81. The van der Waals surface area contributed by atoms with Crippen molar-refractivity contribution >= 4 is 0 Å². The third kappa shape index (κ3) is 6.75. The predicted octanol–water partition coefficient (Wildman–Crippen LogP) is 3.81. The van der Waals surface area contributed by atoms with E-state index < -0.39 is 0 Å². The lowest BCUT2D eigenvalue weighted by atomic mass is 10.1. The minimum absolute atomic E-state index is 0.626. The third-order valence-corrected chi connectivity index (χ3v) is 4.06. The Morgan fingerprint density at radius 1 is 1.11 bits per heavy atom. The number of hydrogen-bond acceptors (Lipinski definition) is 2. The first-order valence-electron chi connectivity index (χ1n) is 8.21. The van der Waals surface area contributed by atoms with Crippen LogP contribution in [0.5, 0.6) is 0 Å². The van der Waals surface area contributed by atoms with E-state index in [0.29, 0.717) is 6.04 Å². The maximum absolute atomic E-state index is 3.59. The quantitative estimate of drug-likeness (QED) is 0.596. The maximum Gasteiger partial charge on any atom is 0.0221 e. The molecule has 0 aliphatic carbocycles. The van der Waals surface area contributed by atoms with E-state index in [9.17, 15) is 0 Å². The summed E-state index contributed by atoms with van der Waals surface area (Å²) < 4.78 is 0. The van der Waals surface area contributed by atoms with Crippen molar-refractivity contribution in [2.45, 2.75) is 84.2 Å². The Bertz CT molecular complexity index is 192. The molecule has 1 atom stereocenters. The fraction of sp³-hybridized carbons (Fsp3) is 1.00. The van der Waals surface area contributed by atoms with Crippen LogP contribution in [0.25, 0.3) is 0 Å². The Morgan fingerprint density at radius 3 is 2.56 bits per heavy atom. The number of rotatable bonds is 10. The van der Waals surface area contributed by atoms with Gasteiger partial charge in [-0.05, 0) is 32.4 Å². The summed E-state index contributed by atoms with van der Waals surface area (Å²) in [5.41, 5.74) is 0. The summed E-state index contributed by atoms with van der Waals surface area (Å²) in [4.78, 5) is 2.72. The van der Waals surface area contributed by atoms with Gasteiger partial charge < -0.3 is 5.32 Å². The molecule has 108 valence electrons. The molecule has 1 heterocycles. The summed E-state index contributed by atoms with van der Waals surface area (Å²) in [6.07, 6.45) is 11.3. The minimum Gasteiger partial charge on any atom is -0.313 e. The van der Waals surface area contributed by atoms with Gasteiger partial charge in [-0.25, -0.2) is 0 Å². The van der Waals surface area contributed by atoms with E-state index in [1.54, 1.807) is 0 Å². The molecule has 0 aromatic heterocycles. The van der Waals surface area contributed by atoms with Gasteiger partial charge in [-0.1, -0.05) is 52.9 Å². The molecule has 0 bridgehead atoms. The monoisotopic (exact) mass is 254 g/mol. The Kier molecular flexibility index (Phi) is 8.70. The molecule has 1 rings (SSSR count). The van der Waals surface area contributed by atoms with Crippen LogP contribution in [0.4, 0.5) is 0 Å². The van der Waals surface area contributed by atoms with Gasteiger partial charge in [0.15, 0.2) is 0 Å². The van der Waals surface area contributed by atoms with E-state index in [0.717, 1.165) is 6.04 Å². The average molecular weight is 254 g/mol. The number of likely N-dealkylation sites (tertiary alicyclic amines) is 1. The van der Waals surface area contributed by atoms with Crippen LogP contribution in [0, 0.1) is 0 Å². The predicted molar refractivity (Wildman–Crippen MR) is 81.1 cm³/mol. The molecule has 0 spiro atoms. The molecule has 1 aliphatic heterocycles. The summed E-state index contributed by atoms with van der Waals surface area (Å²) in [7, 11) is 0. The number of nitrogens with zero attached hydrogens (tertiary/aromatic N) is 1. The Hall–Kier alpha value is -0.0800. The van der Waals surface area contributed by atoms with Crippen LogP contribution in [0.15, 0.2) is 0 Å². The van der Waals surface area contributed by atoms with Crippen LogP contribution in [0.1, 0.15) is 72.1 Å². The maximum atomic E-state index is 3.59. The highest BCUT2D eigenvalue weighted by atomic mass is 15.2. The Labute approximate surface area is 115 Å². The zero-order valence-corrected chi connectivity index (χ0v) is 12.9. The van der Waals surface area contributed by atoms with E-state index in [2.05, 4.69) is 31.0 Å². The summed E-state index contributed by atoms with van der Waals surface area (Å²) in [5.74, 6) is 0. The molecule has 0 aromatic rings. The van der Waals surface area contributed by atoms with E-state index in [-0.39, 0.29) is 0 Å². The number of hydrogen-bond donors (Lipinski definition) is 1. The van der Waals surface area contributed by atoms with Gasteiger partial charge in [0.05, 0.1) is 0 Å². The fourth-order valence-corrected chi connectivity index (χ4v) is 2.89. The van der Waals surface area contributed by atoms with Gasteiger partial charge in [0.2, 0.25) is 0 Å². The van der Waals surface area contributed by atoms with E-state index in [1.165, 1.54) is 71.0 Å². The van der Waals surface area contributed by atoms with E-state index in [1.807, 2.05) is 0 Å². The van der Waals surface area contributed by atoms with Crippen LogP contribution < -0.4 is 5.32 Å². The second-order valence-electron chi connectivity index (χ2n) is 6.16. The molecule has 0 radical (unpaired) electrons.